The molecule has 1 heterocycles. The van der Waals surface area contributed by atoms with Gasteiger partial charge in [-0.15, -0.1) is 0 Å². The maximum atomic E-state index is 6.22. The quantitative estimate of drug-likeness (QED) is 0.376. The van der Waals surface area contributed by atoms with E-state index in [9.17, 15) is 0 Å². The number of unbranched alkanes of at least 4 members (excludes halogenated alkanes) is 2. The molecule has 0 aromatic heterocycles. The Labute approximate surface area is 184 Å². The summed E-state index contributed by atoms with van der Waals surface area (Å²) in [6, 6.07) is 15.7. The van der Waals surface area contributed by atoms with E-state index in [-0.39, 0.29) is 0 Å². The highest BCUT2D eigenvalue weighted by molar-refractivity contribution is 6.36. The molecule has 29 heavy (non-hydrogen) atoms. The first-order valence-electron chi connectivity index (χ1n) is 10.0. The molecule has 0 amide bonds. The van der Waals surface area contributed by atoms with Crippen LogP contribution >= 0.6 is 23.2 Å². The Hall–Kier alpha value is -2.01. The molecule has 0 spiro atoms. The van der Waals surface area contributed by atoms with E-state index in [1.165, 1.54) is 18.4 Å². The Morgan fingerprint density at radius 1 is 1.14 bits per heavy atom. The van der Waals surface area contributed by atoms with E-state index in [0.717, 1.165) is 43.0 Å². The van der Waals surface area contributed by atoms with Gasteiger partial charge >= 0.3 is 0 Å². The van der Waals surface area contributed by atoms with Crippen LogP contribution in [-0.2, 0) is 0 Å². The van der Waals surface area contributed by atoms with Crippen molar-refractivity contribution in [3.05, 3.63) is 76.4 Å². The van der Waals surface area contributed by atoms with Crippen LogP contribution < -0.4 is 15.9 Å². The summed E-state index contributed by atoms with van der Waals surface area (Å²) in [5.41, 5.74) is 10.2. The second kappa shape index (κ2) is 12.5. The lowest BCUT2D eigenvalue weighted by molar-refractivity contribution is 0.569. The number of rotatable bonds is 8. The van der Waals surface area contributed by atoms with Gasteiger partial charge in [0.1, 0.15) is 0 Å². The van der Waals surface area contributed by atoms with Gasteiger partial charge in [-0.25, -0.2) is 5.43 Å². The Bertz CT molecular complexity index is 806. The Morgan fingerprint density at radius 3 is 2.52 bits per heavy atom. The molecule has 4 nitrogen and oxygen atoms in total. The lowest BCUT2D eigenvalue weighted by atomic mass is 10.2. The number of benzene rings is 2. The molecule has 0 saturated heterocycles. The zero-order chi connectivity index (χ0) is 21.1. The predicted molar refractivity (Wildman–Crippen MR) is 127 cm³/mol. The molecule has 6 heteroatoms. The number of allylic oxidation sites excluding steroid dienone is 1. The first kappa shape index (κ1) is 23.3. The van der Waals surface area contributed by atoms with Gasteiger partial charge in [0, 0.05) is 24.5 Å². The summed E-state index contributed by atoms with van der Waals surface area (Å²) >= 11 is 12.1. The molecule has 1 aliphatic rings. The molecule has 0 aliphatic carbocycles. The van der Waals surface area contributed by atoms with Crippen molar-refractivity contribution in [2.75, 3.05) is 18.1 Å². The van der Waals surface area contributed by atoms with Crippen LogP contribution in [0.25, 0.3) is 0 Å². The van der Waals surface area contributed by atoms with Crippen molar-refractivity contribution >= 4 is 34.6 Å². The highest BCUT2D eigenvalue weighted by atomic mass is 35.5. The molecular weight excluding hydrogens is 403 g/mol. The number of hydrogen-bond donors (Lipinski definition) is 2. The lowest BCUT2D eigenvalue weighted by Gasteiger charge is -2.15. The number of hydrazine groups is 1. The molecule has 0 fully saturated rings. The summed E-state index contributed by atoms with van der Waals surface area (Å²) < 4.78 is 0. The molecule has 2 N–H and O–H groups in total. The largest absolute Gasteiger partial charge is 0.320 e. The lowest BCUT2D eigenvalue weighted by Crippen LogP contribution is -2.34. The fourth-order valence-electron chi connectivity index (χ4n) is 2.77. The van der Waals surface area contributed by atoms with Crippen molar-refractivity contribution in [1.29, 1.82) is 0 Å². The van der Waals surface area contributed by atoms with E-state index in [1.807, 2.05) is 35.3 Å². The van der Waals surface area contributed by atoms with Crippen LogP contribution in [0.1, 0.15) is 38.2 Å². The third kappa shape index (κ3) is 8.09. The number of anilines is 1. The average molecular weight is 433 g/mol. The zero-order valence-electron chi connectivity index (χ0n) is 17.2. The van der Waals surface area contributed by atoms with Crippen molar-refractivity contribution in [3.63, 3.8) is 0 Å². The first-order valence-corrected chi connectivity index (χ1v) is 10.8. The van der Waals surface area contributed by atoms with Gasteiger partial charge < -0.3 is 5.43 Å². The molecule has 0 radical (unpaired) electrons. The molecule has 2 aromatic carbocycles. The van der Waals surface area contributed by atoms with Crippen molar-refractivity contribution in [1.82, 2.24) is 10.9 Å². The summed E-state index contributed by atoms with van der Waals surface area (Å²) in [6.07, 6.45) is 4.42. The van der Waals surface area contributed by atoms with Crippen LogP contribution in [0.4, 0.5) is 5.69 Å². The van der Waals surface area contributed by atoms with Gasteiger partial charge in [-0.05, 0) is 31.5 Å². The minimum atomic E-state index is 0.605. The Morgan fingerprint density at radius 2 is 1.90 bits per heavy atom. The molecule has 3 rings (SSSR count). The summed E-state index contributed by atoms with van der Waals surface area (Å²) in [6.45, 7) is 10.0. The third-order valence-electron chi connectivity index (χ3n) is 4.42. The molecule has 0 saturated carbocycles. The second-order valence-electron chi connectivity index (χ2n) is 6.91. The maximum absolute atomic E-state index is 6.22. The number of nitrogens with zero attached hydrogens (tertiary/aromatic N) is 2. The molecule has 0 atom stereocenters. The van der Waals surface area contributed by atoms with E-state index < -0.39 is 0 Å². The Balaban J connectivity index is 0.000000360. The number of aryl methyl sites for hydroxylation is 1. The average Bonchev–Trinajstić information content (AvgIpc) is 3.19. The zero-order valence-corrected chi connectivity index (χ0v) is 18.7. The van der Waals surface area contributed by atoms with Crippen molar-refractivity contribution in [2.24, 2.45) is 5.10 Å². The molecular formula is C23H30Cl2N4. The molecule has 2 aromatic rings. The van der Waals surface area contributed by atoms with E-state index in [0.29, 0.717) is 10.0 Å². The SMILES string of the molecule is C=C(NNCCCCC)C1=NN(c2ccc(Cl)cc2Cl)CC1.Cc1ccccc1. The standard InChI is InChI=1S/C16H22Cl2N4.C7H8/c1-3-4-5-9-19-20-12(2)15-8-10-22(21-15)16-7-6-13(17)11-14(16)18;1-7-5-3-2-4-6-7/h6-7,11,19-20H,2-5,8-10H2,1H3;2-6H,1H3. The summed E-state index contributed by atoms with van der Waals surface area (Å²) in [7, 11) is 0. The van der Waals surface area contributed by atoms with Crippen LogP contribution in [0.5, 0.6) is 0 Å². The van der Waals surface area contributed by atoms with Crippen molar-refractivity contribution in [2.45, 2.75) is 39.5 Å². The highest BCUT2D eigenvalue weighted by Crippen LogP contribution is 2.31. The van der Waals surface area contributed by atoms with Gasteiger partial charge in [-0.1, -0.05) is 85.4 Å². The number of hydrazone groups is 1. The number of nitrogens with one attached hydrogen (secondary N) is 2. The monoisotopic (exact) mass is 432 g/mol. The van der Waals surface area contributed by atoms with Crippen molar-refractivity contribution < 1.29 is 0 Å². The first-order chi connectivity index (χ1) is 14.0. The summed E-state index contributed by atoms with van der Waals surface area (Å²) in [5, 5.41) is 7.70. The second-order valence-corrected chi connectivity index (χ2v) is 7.75. The van der Waals surface area contributed by atoms with E-state index in [1.54, 1.807) is 6.07 Å². The van der Waals surface area contributed by atoms with E-state index >= 15 is 0 Å². The third-order valence-corrected chi connectivity index (χ3v) is 4.96. The fraction of sp³-hybridized carbons (Fsp3) is 0.348. The van der Waals surface area contributed by atoms with E-state index in [4.69, 9.17) is 23.2 Å². The number of hydrogen-bond acceptors (Lipinski definition) is 4. The maximum Gasteiger partial charge on any atom is 0.0866 e. The Kier molecular flexibility index (Phi) is 10.1. The minimum Gasteiger partial charge on any atom is -0.320 e. The highest BCUT2D eigenvalue weighted by Gasteiger charge is 2.19. The van der Waals surface area contributed by atoms with E-state index in [2.05, 4.69) is 48.5 Å². The number of halogens is 2. The topological polar surface area (TPSA) is 39.7 Å². The van der Waals surface area contributed by atoms with Gasteiger partial charge in [0.2, 0.25) is 0 Å². The minimum absolute atomic E-state index is 0.605. The summed E-state index contributed by atoms with van der Waals surface area (Å²) in [4.78, 5) is 0. The van der Waals surface area contributed by atoms with Gasteiger partial charge in [-0.3, -0.25) is 5.01 Å². The predicted octanol–water partition coefficient (Wildman–Crippen LogP) is 6.35. The van der Waals surface area contributed by atoms with Crippen LogP contribution in [0, 0.1) is 6.92 Å². The van der Waals surface area contributed by atoms with Crippen molar-refractivity contribution in [3.8, 4) is 0 Å². The van der Waals surface area contributed by atoms with Crippen LogP contribution in [0.3, 0.4) is 0 Å². The summed E-state index contributed by atoms with van der Waals surface area (Å²) in [5.74, 6) is 0. The molecule has 0 bridgehead atoms. The normalized spacial score (nSPS) is 12.8. The van der Waals surface area contributed by atoms with Crippen LogP contribution in [0.15, 0.2) is 65.9 Å². The van der Waals surface area contributed by atoms with Crippen LogP contribution in [-0.4, -0.2) is 18.8 Å². The van der Waals surface area contributed by atoms with Crippen LogP contribution in [0.2, 0.25) is 10.0 Å². The van der Waals surface area contributed by atoms with Gasteiger partial charge in [0.25, 0.3) is 0 Å². The molecule has 156 valence electrons. The van der Waals surface area contributed by atoms with Gasteiger partial charge in [0.15, 0.2) is 0 Å². The smallest absolute Gasteiger partial charge is 0.0866 e. The molecule has 1 aliphatic heterocycles. The fourth-order valence-corrected chi connectivity index (χ4v) is 3.28. The molecule has 0 unspecified atom stereocenters. The van der Waals surface area contributed by atoms with Gasteiger partial charge in [-0.2, -0.15) is 5.10 Å². The van der Waals surface area contributed by atoms with Gasteiger partial charge in [0.05, 0.1) is 22.1 Å².